The fraction of sp³-hybridized carbons (Fsp3) is 0.207. The van der Waals surface area contributed by atoms with Crippen LogP contribution in [0.3, 0.4) is 0 Å². The molecule has 30 nitrogen and oxygen atoms in total. The second-order valence-electron chi connectivity index (χ2n) is 20.7. The monoisotopic (exact) mass is 1200 g/mol. The van der Waals surface area contributed by atoms with Crippen LogP contribution in [0.15, 0.2) is 103 Å². The lowest BCUT2D eigenvalue weighted by Gasteiger charge is -2.36. The summed E-state index contributed by atoms with van der Waals surface area (Å²) < 4.78 is 5.91. The van der Waals surface area contributed by atoms with E-state index in [1.165, 1.54) is 30.3 Å². The third-order valence-electron chi connectivity index (χ3n) is 15.3. The quantitative estimate of drug-likeness (QED) is 0.0130. The highest BCUT2D eigenvalue weighted by Crippen LogP contribution is 2.50. The van der Waals surface area contributed by atoms with Crippen LogP contribution in [-0.4, -0.2) is 127 Å². The highest BCUT2D eigenvalue weighted by atomic mass is 16.5. The number of hydrogen-bond donors (Lipinski definition) is 21. The summed E-state index contributed by atoms with van der Waals surface area (Å²) in [5.41, 5.74) is 40.4. The fourth-order valence-electron chi connectivity index (χ4n) is 11.3. The number of amides is 7. The van der Waals surface area contributed by atoms with Gasteiger partial charge in [0, 0.05) is 108 Å². The van der Waals surface area contributed by atoms with Gasteiger partial charge in [-0.05, 0) is 89.5 Å². The minimum absolute atomic E-state index is 0.00110. The molecular formula is C58H63N21O9. The van der Waals surface area contributed by atoms with E-state index in [-0.39, 0.29) is 126 Å². The van der Waals surface area contributed by atoms with Crippen LogP contribution >= 0.6 is 0 Å². The predicted molar refractivity (Wildman–Crippen MR) is 326 cm³/mol. The average Bonchev–Trinajstić information content (AvgIpc) is 1.73. The summed E-state index contributed by atoms with van der Waals surface area (Å²) in [5, 5.41) is 42.0. The molecule has 0 bridgehead atoms. The highest BCUT2D eigenvalue weighted by molar-refractivity contribution is 6.17. The van der Waals surface area contributed by atoms with E-state index < -0.39 is 70.5 Å². The van der Waals surface area contributed by atoms with Crippen molar-refractivity contribution in [2.24, 2.45) is 40.1 Å². The zero-order valence-electron chi connectivity index (χ0n) is 46.8. The second kappa shape index (κ2) is 24.2. The molecule has 0 radical (unpaired) electrons. The van der Waals surface area contributed by atoms with Crippen molar-refractivity contribution in [1.29, 1.82) is 10.8 Å². The number of anilines is 2. The van der Waals surface area contributed by atoms with Crippen molar-refractivity contribution in [3.8, 4) is 5.75 Å². The molecule has 0 aliphatic carbocycles. The molecule has 8 aromatic rings. The Hall–Kier alpha value is -11.5. The molecule has 3 aromatic heterocycles. The van der Waals surface area contributed by atoms with Gasteiger partial charge in [-0.2, -0.15) is 0 Å². The Morgan fingerprint density at radius 2 is 1.05 bits per heavy atom. The summed E-state index contributed by atoms with van der Waals surface area (Å²) in [5.74, 6) is -6.43. The van der Waals surface area contributed by atoms with Crippen LogP contribution in [0.5, 0.6) is 5.75 Å². The van der Waals surface area contributed by atoms with E-state index >= 15 is 4.79 Å². The van der Waals surface area contributed by atoms with Gasteiger partial charge in [0.2, 0.25) is 0 Å². The fourth-order valence-corrected chi connectivity index (χ4v) is 11.3. The van der Waals surface area contributed by atoms with E-state index in [0.29, 0.717) is 44.4 Å². The number of rotatable bonds is 22. The van der Waals surface area contributed by atoms with Gasteiger partial charge in [0.05, 0.1) is 23.2 Å². The van der Waals surface area contributed by atoms with E-state index in [9.17, 15) is 33.6 Å². The Bertz CT molecular complexity index is 4210. The number of H-pyrrole nitrogens is 3. The number of carbonyl (C=O) groups excluding carboxylic acids is 8. The molecule has 88 heavy (non-hydrogen) atoms. The molecule has 7 amide bonds. The van der Waals surface area contributed by atoms with Crippen molar-refractivity contribution < 1.29 is 43.1 Å². The van der Waals surface area contributed by atoms with Gasteiger partial charge in [-0.3, -0.25) is 44.4 Å². The van der Waals surface area contributed by atoms with Crippen molar-refractivity contribution in [2.45, 2.75) is 23.2 Å². The van der Waals surface area contributed by atoms with Crippen LogP contribution < -0.4 is 92.7 Å². The zero-order chi connectivity index (χ0) is 62.8. The van der Waals surface area contributed by atoms with Gasteiger partial charge in [-0.1, -0.05) is 30.3 Å². The Morgan fingerprint density at radius 1 is 0.523 bits per heavy atom. The van der Waals surface area contributed by atoms with Gasteiger partial charge in [-0.25, -0.2) is 4.79 Å². The highest BCUT2D eigenvalue weighted by Gasteiger charge is 2.55. The van der Waals surface area contributed by atoms with E-state index in [4.69, 9.17) is 55.7 Å². The van der Waals surface area contributed by atoms with Crippen LogP contribution in [0.4, 0.5) is 11.4 Å². The van der Waals surface area contributed by atoms with E-state index in [1.54, 1.807) is 72.8 Å². The van der Waals surface area contributed by atoms with Crippen LogP contribution in [0, 0.1) is 10.8 Å². The Kier molecular flexibility index (Phi) is 16.4. The topological polar surface area (TPSA) is 531 Å². The SMILES string of the molecule is N=C(N)NCCNC(=O)C1(c2ccc3[nH]c(C(=O)NCCN)c(C(N)=O)c3c2)Nc2ccc(OC(=O)c3cc4cc(C(=O)NC5c6ccccc6NC5(C(=O)NCCNC(=N)N)c5ccc6[nH]c(C(=O)NCCN)c(C(N)=O)c6c5)ccc4[nH]3)cc2C1N. The largest absolute Gasteiger partial charge is 0.422 e. The normalized spacial score (nSPS) is 17.2. The third-order valence-corrected chi connectivity index (χ3v) is 15.3. The second-order valence-corrected chi connectivity index (χ2v) is 20.7. The molecule has 30 heteroatoms. The zero-order valence-corrected chi connectivity index (χ0v) is 46.8. The van der Waals surface area contributed by atoms with Crippen LogP contribution in [0.1, 0.15) is 96.9 Å². The summed E-state index contributed by atoms with van der Waals surface area (Å²) in [6.07, 6.45) is 0. The molecule has 454 valence electrons. The summed E-state index contributed by atoms with van der Waals surface area (Å²) in [6.45, 7) is 0.626. The smallest absolute Gasteiger partial charge is 0.360 e. The molecule has 4 atom stereocenters. The number of benzene rings is 5. The van der Waals surface area contributed by atoms with Gasteiger partial charge in [-0.15, -0.1) is 0 Å². The van der Waals surface area contributed by atoms with Crippen molar-refractivity contribution in [2.75, 3.05) is 63.0 Å². The lowest BCUT2D eigenvalue weighted by Crippen LogP contribution is -2.56. The number of nitrogens with two attached hydrogens (primary N) is 7. The standard InChI is InChI=1S/C58H63N21O9/c59-13-15-68-50(83)43-41(47(62)80)32-23-28(6-10-36(32)75-43)57(53(86)70-17-19-72-55(64)65)45(61)34-25-30(8-12-39(34)78-57)88-52(85)40-22-27-21-26(5-9-35(27)74-40)49(82)77-46-31-3-1-2-4-38(31)79-58(46,54(87)71-18-20-73-56(66)67)29-7-11-37-33(24-29)42(48(63)81)44(76-37)51(84)69-16-14-60/h1-12,21-25,45-46,74-76,78-79H,13-20,59-61H2,(H2,62,80)(H2,63,81)(H,68,83)(H,69,84)(H,70,86)(H,71,87)(H,77,82)(H4,64,65,72)(H4,66,67,73). The number of hydrogen-bond acceptors (Lipinski definition) is 16. The van der Waals surface area contributed by atoms with E-state index in [2.05, 4.69) is 62.8 Å². The molecule has 0 spiro atoms. The number of fused-ring (bicyclic) bond motifs is 5. The number of esters is 1. The molecule has 5 aromatic carbocycles. The van der Waals surface area contributed by atoms with Crippen molar-refractivity contribution in [3.63, 3.8) is 0 Å². The first-order chi connectivity index (χ1) is 42.2. The summed E-state index contributed by atoms with van der Waals surface area (Å²) in [7, 11) is 0. The number of primary amides is 2. The van der Waals surface area contributed by atoms with Gasteiger partial charge in [0.1, 0.15) is 22.8 Å². The summed E-state index contributed by atoms with van der Waals surface area (Å²) >= 11 is 0. The maximum absolute atomic E-state index is 15.0. The number of carbonyl (C=O) groups is 8. The molecule has 0 saturated carbocycles. The first kappa shape index (κ1) is 59.7. The third kappa shape index (κ3) is 11.0. The molecule has 4 unspecified atom stereocenters. The molecule has 2 aliphatic rings. The Balaban J connectivity index is 0.936. The van der Waals surface area contributed by atoms with Gasteiger partial charge in [0.25, 0.3) is 41.4 Å². The molecule has 0 saturated heterocycles. The number of nitrogens with one attached hydrogen (secondary N) is 14. The van der Waals surface area contributed by atoms with Crippen molar-refractivity contribution in [3.05, 3.63) is 159 Å². The number of aromatic amines is 3. The Labute approximate surface area is 498 Å². The predicted octanol–water partition coefficient (Wildman–Crippen LogP) is -0.764. The van der Waals surface area contributed by atoms with Gasteiger partial charge >= 0.3 is 5.97 Å². The van der Waals surface area contributed by atoms with Crippen molar-refractivity contribution >= 4 is 103 Å². The number of ether oxygens (including phenoxy) is 1. The first-order valence-electron chi connectivity index (χ1n) is 27.5. The number of para-hydroxylation sites is 1. The number of guanidine groups is 2. The molecule has 10 rings (SSSR count). The van der Waals surface area contributed by atoms with Crippen LogP contribution in [0.2, 0.25) is 0 Å². The molecule has 28 N–H and O–H groups in total. The van der Waals surface area contributed by atoms with Crippen LogP contribution in [-0.2, 0) is 20.7 Å². The molecular weight excluding hydrogens is 1130 g/mol. The molecule has 0 fully saturated rings. The lowest BCUT2D eigenvalue weighted by molar-refractivity contribution is -0.127. The average molecular weight is 1200 g/mol. The molecule has 2 aliphatic heterocycles. The van der Waals surface area contributed by atoms with Gasteiger partial charge < -0.3 is 108 Å². The molecule has 5 heterocycles. The maximum Gasteiger partial charge on any atom is 0.360 e. The van der Waals surface area contributed by atoms with E-state index in [1.807, 2.05) is 0 Å². The van der Waals surface area contributed by atoms with Crippen LogP contribution in [0.25, 0.3) is 32.7 Å². The first-order valence-corrected chi connectivity index (χ1v) is 27.5. The summed E-state index contributed by atoms with van der Waals surface area (Å²) in [4.78, 5) is 120. The minimum atomic E-state index is -1.85. The van der Waals surface area contributed by atoms with E-state index in [0.717, 1.165) is 0 Å². The Morgan fingerprint density at radius 3 is 1.61 bits per heavy atom. The maximum atomic E-state index is 15.0. The van der Waals surface area contributed by atoms with Gasteiger partial charge in [0.15, 0.2) is 23.0 Å². The minimum Gasteiger partial charge on any atom is -0.422 e. The number of aromatic nitrogens is 3. The van der Waals surface area contributed by atoms with Crippen molar-refractivity contribution in [1.82, 2.24) is 52.2 Å². The lowest BCUT2D eigenvalue weighted by atomic mass is 9.80. The summed E-state index contributed by atoms with van der Waals surface area (Å²) in [6, 6.07) is 24.7.